The third-order valence-electron chi connectivity index (χ3n) is 3.10. The van der Waals surface area contributed by atoms with E-state index in [1.807, 2.05) is 30.3 Å². The summed E-state index contributed by atoms with van der Waals surface area (Å²) in [7, 11) is 0. The first-order valence-electron chi connectivity index (χ1n) is 6.61. The Kier molecular flexibility index (Phi) is 3.53. The predicted octanol–water partition coefficient (Wildman–Crippen LogP) is 0.576. The Morgan fingerprint density at radius 3 is 2.55 bits per heavy atom. The standard InChI is InChI=1S/C15H13N5O2/c16-15(22)13-6-7-14(21)20(18-13)10-11-8-9-19(17-11)12-4-2-1-3-5-12/h1-9H,10H2,(H2,16,22). The Hall–Kier alpha value is -3.22. The average molecular weight is 295 g/mol. The van der Waals surface area contributed by atoms with Gasteiger partial charge in [-0.15, -0.1) is 0 Å². The predicted molar refractivity (Wildman–Crippen MR) is 79.7 cm³/mol. The Morgan fingerprint density at radius 1 is 1.05 bits per heavy atom. The zero-order chi connectivity index (χ0) is 15.5. The van der Waals surface area contributed by atoms with Crippen LogP contribution in [0.2, 0.25) is 0 Å². The van der Waals surface area contributed by atoms with Crippen LogP contribution in [-0.4, -0.2) is 25.5 Å². The maximum Gasteiger partial charge on any atom is 0.269 e. The molecule has 0 saturated carbocycles. The van der Waals surface area contributed by atoms with Gasteiger partial charge in [-0.1, -0.05) is 18.2 Å². The van der Waals surface area contributed by atoms with Crippen molar-refractivity contribution < 1.29 is 4.79 Å². The van der Waals surface area contributed by atoms with E-state index in [-0.39, 0.29) is 17.8 Å². The molecule has 7 nitrogen and oxygen atoms in total. The summed E-state index contributed by atoms with van der Waals surface area (Å²) in [6.45, 7) is 0.166. The number of nitrogens with zero attached hydrogens (tertiary/aromatic N) is 4. The zero-order valence-corrected chi connectivity index (χ0v) is 11.6. The molecule has 7 heteroatoms. The zero-order valence-electron chi connectivity index (χ0n) is 11.6. The molecule has 0 fully saturated rings. The number of carbonyl (C=O) groups is 1. The van der Waals surface area contributed by atoms with Crippen LogP contribution in [0.25, 0.3) is 5.69 Å². The van der Waals surface area contributed by atoms with Gasteiger partial charge in [0.05, 0.1) is 17.9 Å². The van der Waals surface area contributed by atoms with E-state index in [9.17, 15) is 9.59 Å². The van der Waals surface area contributed by atoms with Crippen LogP contribution in [0.1, 0.15) is 16.2 Å². The first kappa shape index (κ1) is 13.7. The summed E-state index contributed by atoms with van der Waals surface area (Å²) in [5.74, 6) is -0.677. The minimum Gasteiger partial charge on any atom is -0.364 e. The van der Waals surface area contributed by atoms with Crippen LogP contribution in [-0.2, 0) is 6.54 Å². The fourth-order valence-corrected chi connectivity index (χ4v) is 2.02. The number of benzene rings is 1. The molecular formula is C15H13N5O2. The van der Waals surface area contributed by atoms with Crippen LogP contribution >= 0.6 is 0 Å². The molecule has 0 aliphatic carbocycles. The van der Waals surface area contributed by atoms with Crippen molar-refractivity contribution in [1.29, 1.82) is 0 Å². The molecule has 2 heterocycles. The van der Waals surface area contributed by atoms with Crippen molar-refractivity contribution in [3.05, 3.63) is 76.5 Å². The van der Waals surface area contributed by atoms with Gasteiger partial charge in [0.25, 0.3) is 11.5 Å². The van der Waals surface area contributed by atoms with Gasteiger partial charge < -0.3 is 5.73 Å². The summed E-state index contributed by atoms with van der Waals surface area (Å²) in [5.41, 5.74) is 6.46. The monoisotopic (exact) mass is 295 g/mol. The Balaban J connectivity index is 1.88. The normalized spacial score (nSPS) is 10.5. The highest BCUT2D eigenvalue weighted by molar-refractivity contribution is 5.90. The van der Waals surface area contributed by atoms with Crippen LogP contribution in [0.4, 0.5) is 0 Å². The molecule has 0 saturated heterocycles. The van der Waals surface area contributed by atoms with Crippen molar-refractivity contribution in [2.45, 2.75) is 6.54 Å². The number of hydrogen-bond donors (Lipinski definition) is 1. The second-order valence-corrected chi connectivity index (χ2v) is 4.67. The molecule has 1 amide bonds. The number of carbonyl (C=O) groups excluding carboxylic acids is 1. The van der Waals surface area contributed by atoms with Gasteiger partial charge in [-0.25, -0.2) is 9.36 Å². The van der Waals surface area contributed by atoms with Gasteiger partial charge >= 0.3 is 0 Å². The summed E-state index contributed by atoms with van der Waals surface area (Å²) in [6, 6.07) is 14.0. The maximum absolute atomic E-state index is 11.8. The quantitative estimate of drug-likeness (QED) is 0.761. The van der Waals surface area contributed by atoms with E-state index in [1.54, 1.807) is 16.9 Å². The van der Waals surface area contributed by atoms with Crippen molar-refractivity contribution in [3.63, 3.8) is 0 Å². The molecule has 3 rings (SSSR count). The van der Waals surface area contributed by atoms with Crippen LogP contribution < -0.4 is 11.3 Å². The van der Waals surface area contributed by atoms with E-state index in [2.05, 4.69) is 10.2 Å². The van der Waals surface area contributed by atoms with E-state index in [0.29, 0.717) is 5.69 Å². The van der Waals surface area contributed by atoms with Gasteiger partial charge in [-0.2, -0.15) is 10.2 Å². The van der Waals surface area contributed by atoms with Crippen molar-refractivity contribution in [1.82, 2.24) is 19.6 Å². The molecule has 2 aromatic heterocycles. The second-order valence-electron chi connectivity index (χ2n) is 4.67. The minimum absolute atomic E-state index is 0.0436. The lowest BCUT2D eigenvalue weighted by atomic mass is 10.3. The smallest absolute Gasteiger partial charge is 0.269 e. The van der Waals surface area contributed by atoms with E-state index >= 15 is 0 Å². The Morgan fingerprint density at radius 2 is 1.82 bits per heavy atom. The van der Waals surface area contributed by atoms with Crippen LogP contribution in [0.3, 0.4) is 0 Å². The largest absolute Gasteiger partial charge is 0.364 e. The van der Waals surface area contributed by atoms with Gasteiger partial charge in [0.2, 0.25) is 0 Å². The lowest BCUT2D eigenvalue weighted by Gasteiger charge is -2.03. The molecule has 2 N–H and O–H groups in total. The Labute approximate surface area is 125 Å². The fourth-order valence-electron chi connectivity index (χ4n) is 2.02. The topological polar surface area (TPSA) is 95.8 Å². The van der Waals surface area contributed by atoms with E-state index < -0.39 is 5.91 Å². The van der Waals surface area contributed by atoms with Gasteiger partial charge in [-0.05, 0) is 24.3 Å². The molecule has 0 atom stereocenters. The van der Waals surface area contributed by atoms with Gasteiger partial charge in [0.15, 0.2) is 0 Å². The highest BCUT2D eigenvalue weighted by atomic mass is 16.1. The number of primary amides is 1. The molecule has 1 aromatic carbocycles. The van der Waals surface area contributed by atoms with Crippen molar-refractivity contribution in [2.75, 3.05) is 0 Å². The number of hydrogen-bond acceptors (Lipinski definition) is 4. The summed E-state index contributed by atoms with van der Waals surface area (Å²) < 4.78 is 2.87. The summed E-state index contributed by atoms with van der Waals surface area (Å²) >= 11 is 0. The Bertz CT molecular complexity index is 867. The fraction of sp³-hybridized carbons (Fsp3) is 0.0667. The highest BCUT2D eigenvalue weighted by Crippen LogP contribution is 2.07. The van der Waals surface area contributed by atoms with Crippen molar-refractivity contribution >= 4 is 5.91 Å². The molecule has 110 valence electrons. The SMILES string of the molecule is NC(=O)c1ccc(=O)n(Cc2ccn(-c3ccccc3)n2)n1. The maximum atomic E-state index is 11.8. The van der Waals surface area contributed by atoms with Gasteiger partial charge in [-0.3, -0.25) is 9.59 Å². The summed E-state index contributed by atoms with van der Waals surface area (Å²) in [6.07, 6.45) is 1.80. The van der Waals surface area contributed by atoms with Crippen molar-refractivity contribution in [3.8, 4) is 5.69 Å². The molecule has 0 bridgehead atoms. The molecule has 0 aliphatic heterocycles. The highest BCUT2D eigenvalue weighted by Gasteiger charge is 2.08. The molecule has 0 radical (unpaired) electrons. The third kappa shape index (κ3) is 2.78. The molecule has 22 heavy (non-hydrogen) atoms. The van der Waals surface area contributed by atoms with Crippen LogP contribution in [0.5, 0.6) is 0 Å². The lowest BCUT2D eigenvalue weighted by Crippen LogP contribution is -2.26. The van der Waals surface area contributed by atoms with E-state index in [4.69, 9.17) is 5.73 Å². The number of amides is 1. The third-order valence-corrected chi connectivity index (χ3v) is 3.10. The number of rotatable bonds is 4. The lowest BCUT2D eigenvalue weighted by molar-refractivity contribution is 0.0993. The summed E-state index contributed by atoms with van der Waals surface area (Å²) in [5, 5.41) is 8.32. The van der Waals surface area contributed by atoms with E-state index in [1.165, 1.54) is 12.1 Å². The minimum atomic E-state index is -0.677. The average Bonchev–Trinajstić information content (AvgIpc) is 2.99. The first-order valence-corrected chi connectivity index (χ1v) is 6.61. The molecule has 3 aromatic rings. The van der Waals surface area contributed by atoms with Crippen molar-refractivity contribution in [2.24, 2.45) is 5.73 Å². The number of nitrogens with two attached hydrogens (primary N) is 1. The van der Waals surface area contributed by atoms with Crippen LogP contribution in [0, 0.1) is 0 Å². The molecule has 0 spiro atoms. The second kappa shape index (κ2) is 5.65. The molecule has 0 aliphatic rings. The number of aromatic nitrogens is 4. The van der Waals surface area contributed by atoms with E-state index in [0.717, 1.165) is 10.4 Å². The molecular weight excluding hydrogens is 282 g/mol. The van der Waals surface area contributed by atoms with Gasteiger partial charge in [0.1, 0.15) is 5.69 Å². The van der Waals surface area contributed by atoms with Crippen LogP contribution in [0.15, 0.2) is 59.5 Å². The molecule has 0 unspecified atom stereocenters. The number of para-hydroxylation sites is 1. The van der Waals surface area contributed by atoms with Gasteiger partial charge in [0, 0.05) is 12.3 Å². The summed E-state index contributed by atoms with van der Waals surface area (Å²) in [4.78, 5) is 22.9. The first-order chi connectivity index (χ1) is 10.6.